The van der Waals surface area contributed by atoms with Gasteiger partial charge < -0.3 is 10.6 Å². The van der Waals surface area contributed by atoms with Gasteiger partial charge in [-0.15, -0.1) is 5.10 Å². The van der Waals surface area contributed by atoms with Crippen LogP contribution in [0.3, 0.4) is 0 Å². The smallest absolute Gasteiger partial charge is 0.299 e. The molecule has 4 rings (SSSR count). The van der Waals surface area contributed by atoms with E-state index in [1.54, 1.807) is 36.4 Å². The van der Waals surface area contributed by atoms with E-state index < -0.39 is 21.2 Å². The molecule has 0 saturated heterocycles. The fourth-order valence-corrected chi connectivity index (χ4v) is 3.10. The summed E-state index contributed by atoms with van der Waals surface area (Å²) in [6, 6.07) is 17.1. The monoisotopic (exact) mass is 433 g/mol. The summed E-state index contributed by atoms with van der Waals surface area (Å²) in [4.78, 5) is 33.5. The summed E-state index contributed by atoms with van der Waals surface area (Å²) in [6.45, 7) is -0.0907. The molecule has 0 aliphatic rings. The normalized spacial score (nSPS) is 10.6. The van der Waals surface area contributed by atoms with Crippen molar-refractivity contribution in [3.05, 3.63) is 87.0 Å². The number of nitro benzene ring substituents is 2. The van der Waals surface area contributed by atoms with Crippen LogP contribution in [0.25, 0.3) is 11.0 Å². The Morgan fingerprint density at radius 3 is 2.38 bits per heavy atom. The van der Waals surface area contributed by atoms with E-state index in [1.807, 2.05) is 12.1 Å². The SMILES string of the molecule is O=C(Cn1nnc2ccccc21)Nc1ccccc1Nc1ccc([N+](=O)[O-])cc1[N+](=O)[O-]. The fraction of sp³-hybridized carbons (Fsp3) is 0.0500. The van der Waals surface area contributed by atoms with Gasteiger partial charge in [0.25, 0.3) is 11.4 Å². The average Bonchev–Trinajstić information content (AvgIpc) is 3.18. The van der Waals surface area contributed by atoms with Crippen LogP contribution in [0, 0.1) is 20.2 Å². The Morgan fingerprint density at radius 2 is 1.62 bits per heavy atom. The number of para-hydroxylation sites is 3. The van der Waals surface area contributed by atoms with Crippen LogP contribution in [0.15, 0.2) is 66.7 Å². The van der Waals surface area contributed by atoms with Crippen molar-refractivity contribution >= 4 is 45.4 Å². The van der Waals surface area contributed by atoms with Crippen molar-refractivity contribution in [3.8, 4) is 0 Å². The molecule has 0 unspecified atom stereocenters. The minimum atomic E-state index is -0.716. The molecule has 32 heavy (non-hydrogen) atoms. The predicted molar refractivity (Wildman–Crippen MR) is 116 cm³/mol. The maximum atomic E-state index is 12.6. The van der Waals surface area contributed by atoms with Crippen molar-refractivity contribution in [2.24, 2.45) is 0 Å². The largest absolute Gasteiger partial charge is 0.348 e. The molecule has 0 saturated carbocycles. The first-order chi connectivity index (χ1) is 15.4. The number of benzene rings is 3. The number of hydrogen-bond acceptors (Lipinski definition) is 8. The first-order valence-electron chi connectivity index (χ1n) is 9.29. The lowest BCUT2D eigenvalue weighted by molar-refractivity contribution is -0.393. The molecule has 0 atom stereocenters. The molecular formula is C20H15N7O5. The Hall–Kier alpha value is -4.87. The lowest BCUT2D eigenvalue weighted by Gasteiger charge is -2.13. The summed E-state index contributed by atoms with van der Waals surface area (Å²) in [7, 11) is 0. The highest BCUT2D eigenvalue weighted by Gasteiger charge is 2.20. The summed E-state index contributed by atoms with van der Waals surface area (Å²) in [5, 5.41) is 35.9. The minimum Gasteiger partial charge on any atom is -0.348 e. The van der Waals surface area contributed by atoms with Crippen LogP contribution in [0.4, 0.5) is 28.4 Å². The first-order valence-corrected chi connectivity index (χ1v) is 9.29. The van der Waals surface area contributed by atoms with Crippen LogP contribution in [0.2, 0.25) is 0 Å². The van der Waals surface area contributed by atoms with Crippen molar-refractivity contribution in [2.45, 2.75) is 6.54 Å². The number of nitrogens with one attached hydrogen (secondary N) is 2. The first kappa shape index (κ1) is 20.4. The molecule has 12 nitrogen and oxygen atoms in total. The second kappa shape index (κ2) is 8.47. The summed E-state index contributed by atoms with van der Waals surface area (Å²) in [5.41, 5.74) is 1.29. The standard InChI is InChI=1S/C20H15N7O5/c28-20(12-25-18-8-4-3-7-17(18)23-24-25)22-15-6-2-1-5-14(15)21-16-10-9-13(26(29)30)11-19(16)27(31)32/h1-11,21H,12H2,(H,22,28). The zero-order chi connectivity index (χ0) is 22.7. The van der Waals surface area contributed by atoms with Crippen molar-refractivity contribution in [1.29, 1.82) is 0 Å². The zero-order valence-corrected chi connectivity index (χ0v) is 16.3. The number of amides is 1. The number of nitro groups is 2. The summed E-state index contributed by atoms with van der Waals surface area (Å²) >= 11 is 0. The van der Waals surface area contributed by atoms with Crippen molar-refractivity contribution in [3.63, 3.8) is 0 Å². The van der Waals surface area contributed by atoms with E-state index in [1.165, 1.54) is 10.7 Å². The molecule has 1 heterocycles. The highest BCUT2D eigenvalue weighted by molar-refractivity contribution is 5.95. The summed E-state index contributed by atoms with van der Waals surface area (Å²) in [5.74, 6) is -0.381. The number of rotatable bonds is 7. The van der Waals surface area contributed by atoms with Gasteiger partial charge in [-0.2, -0.15) is 0 Å². The van der Waals surface area contributed by atoms with E-state index >= 15 is 0 Å². The zero-order valence-electron chi connectivity index (χ0n) is 16.3. The van der Waals surface area contributed by atoms with Crippen molar-refractivity contribution in [1.82, 2.24) is 15.0 Å². The Morgan fingerprint density at radius 1 is 0.906 bits per heavy atom. The topological polar surface area (TPSA) is 158 Å². The molecule has 0 fully saturated rings. The number of carbonyl (C=O) groups is 1. The van der Waals surface area contributed by atoms with E-state index in [-0.39, 0.29) is 18.1 Å². The van der Waals surface area contributed by atoms with Gasteiger partial charge in [-0.05, 0) is 30.3 Å². The molecule has 0 aliphatic heterocycles. The molecule has 0 radical (unpaired) electrons. The number of fused-ring (bicyclic) bond motifs is 1. The number of anilines is 3. The molecule has 0 spiro atoms. The van der Waals surface area contributed by atoms with Gasteiger partial charge >= 0.3 is 0 Å². The van der Waals surface area contributed by atoms with Crippen molar-refractivity contribution < 1.29 is 14.6 Å². The van der Waals surface area contributed by atoms with Gasteiger partial charge in [0, 0.05) is 6.07 Å². The Bertz CT molecular complexity index is 1350. The molecule has 2 N–H and O–H groups in total. The maximum absolute atomic E-state index is 12.6. The number of nitrogens with zero attached hydrogens (tertiary/aromatic N) is 5. The molecule has 0 aliphatic carbocycles. The van der Waals surface area contributed by atoms with E-state index in [9.17, 15) is 25.0 Å². The highest BCUT2D eigenvalue weighted by atomic mass is 16.6. The predicted octanol–water partition coefficient (Wildman–Crippen LogP) is 3.63. The van der Waals surface area contributed by atoms with Gasteiger partial charge in [0.2, 0.25) is 5.91 Å². The lowest BCUT2D eigenvalue weighted by Crippen LogP contribution is -2.20. The van der Waals surface area contributed by atoms with Crippen LogP contribution >= 0.6 is 0 Å². The van der Waals surface area contributed by atoms with Crippen LogP contribution in [-0.2, 0) is 11.3 Å². The Labute approximate surface area is 179 Å². The minimum absolute atomic E-state index is 0.0459. The summed E-state index contributed by atoms with van der Waals surface area (Å²) in [6.07, 6.45) is 0. The molecule has 3 aromatic carbocycles. The molecule has 1 amide bonds. The van der Waals surface area contributed by atoms with E-state index in [0.717, 1.165) is 12.1 Å². The quantitative estimate of drug-likeness (QED) is 0.330. The van der Waals surface area contributed by atoms with Gasteiger partial charge in [0.05, 0.1) is 32.8 Å². The third-order valence-corrected chi connectivity index (χ3v) is 4.57. The number of non-ortho nitro benzene ring substituents is 1. The van der Waals surface area contributed by atoms with Gasteiger partial charge in [-0.25, -0.2) is 4.68 Å². The van der Waals surface area contributed by atoms with Gasteiger partial charge in [0.1, 0.15) is 17.7 Å². The second-order valence-corrected chi connectivity index (χ2v) is 6.67. The van der Waals surface area contributed by atoms with Gasteiger partial charge in [0.15, 0.2) is 0 Å². The maximum Gasteiger partial charge on any atom is 0.299 e. The number of aromatic nitrogens is 3. The molecule has 0 bridgehead atoms. The third-order valence-electron chi connectivity index (χ3n) is 4.57. The molecule has 4 aromatic rings. The third kappa shape index (κ3) is 4.18. The van der Waals surface area contributed by atoms with Gasteiger partial charge in [-0.3, -0.25) is 25.0 Å². The van der Waals surface area contributed by atoms with Crippen LogP contribution < -0.4 is 10.6 Å². The van der Waals surface area contributed by atoms with Gasteiger partial charge in [-0.1, -0.05) is 29.5 Å². The molecule has 160 valence electrons. The van der Waals surface area contributed by atoms with Crippen molar-refractivity contribution in [2.75, 3.05) is 10.6 Å². The Balaban J connectivity index is 1.56. The number of carbonyl (C=O) groups excluding carboxylic acids is 1. The lowest BCUT2D eigenvalue weighted by atomic mass is 10.2. The molecule has 1 aromatic heterocycles. The molecule has 12 heteroatoms. The summed E-state index contributed by atoms with van der Waals surface area (Å²) < 4.78 is 1.46. The average molecular weight is 433 g/mol. The highest BCUT2D eigenvalue weighted by Crippen LogP contribution is 2.33. The van der Waals surface area contributed by atoms with E-state index in [2.05, 4.69) is 20.9 Å². The van der Waals surface area contributed by atoms with Crippen LogP contribution in [-0.4, -0.2) is 30.7 Å². The number of hydrogen-bond donors (Lipinski definition) is 2. The van der Waals surface area contributed by atoms with Crippen LogP contribution in [0.1, 0.15) is 0 Å². The van der Waals surface area contributed by atoms with E-state index in [4.69, 9.17) is 0 Å². The Kier molecular flexibility index (Phi) is 5.40. The van der Waals surface area contributed by atoms with Crippen LogP contribution in [0.5, 0.6) is 0 Å². The molecular weight excluding hydrogens is 418 g/mol. The van der Waals surface area contributed by atoms with E-state index in [0.29, 0.717) is 22.4 Å². The second-order valence-electron chi connectivity index (χ2n) is 6.67. The fourth-order valence-electron chi connectivity index (χ4n) is 3.10.